The van der Waals surface area contributed by atoms with Crippen LogP contribution in [0, 0.1) is 29.6 Å². The number of hydrogen-bond donors (Lipinski definition) is 4. The molecule has 0 spiro atoms. The normalized spacial score (nSPS) is 39.0. The zero-order chi connectivity index (χ0) is 50.8. The number of piperidine rings is 1. The summed E-state index contributed by atoms with van der Waals surface area (Å²) < 4.78 is 52.9. The average Bonchev–Trinajstić information content (AvgIpc) is 4.19. The van der Waals surface area contributed by atoms with Crippen molar-refractivity contribution >= 4 is 39.2 Å². The number of esters is 1. The van der Waals surface area contributed by atoms with Gasteiger partial charge in [0.1, 0.15) is 30.1 Å². The Morgan fingerprint density at radius 3 is 2.29 bits per heavy atom. The number of methoxy groups -OCH3 is 2. The van der Waals surface area contributed by atoms with Crippen LogP contribution in [0.2, 0.25) is 0 Å². The number of nitrogens with one attached hydrogen (secondary N) is 1. The van der Waals surface area contributed by atoms with E-state index in [0.29, 0.717) is 88.2 Å². The maximum absolute atomic E-state index is 14.4. The molecular formula is C52H80N2O14S. The molecule has 3 heterocycles. The Morgan fingerprint density at radius 2 is 1.61 bits per heavy atom. The van der Waals surface area contributed by atoms with Gasteiger partial charge in [-0.3, -0.25) is 19.2 Å². The first-order chi connectivity index (χ1) is 32.6. The molecule has 16 nitrogen and oxygen atoms in total. The minimum absolute atomic E-state index is 0.0328. The lowest BCUT2D eigenvalue weighted by Gasteiger charge is -2.43. The Bertz CT molecular complexity index is 2050. The molecule has 2 saturated carbocycles. The number of hydrogen-bond acceptors (Lipinski definition) is 14. The van der Waals surface area contributed by atoms with E-state index in [4.69, 9.17) is 18.9 Å². The van der Waals surface area contributed by atoms with Gasteiger partial charge in [-0.15, -0.1) is 0 Å². The van der Waals surface area contributed by atoms with Crippen molar-refractivity contribution in [1.29, 1.82) is 0 Å². The van der Waals surface area contributed by atoms with E-state index >= 15 is 0 Å². The summed E-state index contributed by atoms with van der Waals surface area (Å²) in [6, 6.07) is -1.96. The van der Waals surface area contributed by atoms with Crippen LogP contribution >= 0.6 is 0 Å². The Balaban J connectivity index is 1.48. The lowest BCUT2D eigenvalue weighted by atomic mass is 9.78. The summed E-state index contributed by atoms with van der Waals surface area (Å²) in [6.07, 6.45) is 11.5. The largest absolute Gasteiger partial charge is 0.460 e. The molecule has 7 unspecified atom stereocenters. The summed E-state index contributed by atoms with van der Waals surface area (Å²) >= 11 is 0. The molecule has 0 aromatic rings. The number of allylic oxidation sites excluding steroid dienone is 6. The molecule has 69 heavy (non-hydrogen) atoms. The summed E-state index contributed by atoms with van der Waals surface area (Å²) in [4.78, 5) is 72.0. The van der Waals surface area contributed by atoms with E-state index in [9.17, 15) is 47.7 Å². The summed E-state index contributed by atoms with van der Waals surface area (Å²) in [5, 5.41) is 33.5. The zero-order valence-corrected chi connectivity index (χ0v) is 42.9. The van der Waals surface area contributed by atoms with Crippen LogP contribution in [0.4, 0.5) is 0 Å². The van der Waals surface area contributed by atoms with Gasteiger partial charge in [0.15, 0.2) is 5.78 Å². The van der Waals surface area contributed by atoms with Crippen LogP contribution in [0.15, 0.2) is 47.6 Å². The highest BCUT2D eigenvalue weighted by molar-refractivity contribution is 7.90. The number of carbonyl (C=O) groups is 5. The number of rotatable bonds is 8. The molecule has 0 aromatic heterocycles. The van der Waals surface area contributed by atoms with Crippen molar-refractivity contribution in [3.05, 3.63) is 47.6 Å². The minimum Gasteiger partial charge on any atom is -0.460 e. The number of nitrogens with zero attached hydrogens (tertiary/aromatic N) is 1. The SMILES string of the molecule is COC1C(=O)C(C)CC\C=C/C=C\C=C(\C)C(NS(=O)(=O)C2CC2)C[C@H]2CC[C@H](C)[C@](O)(O2)C(=O)C(=O)N2CCCCC2C(=O)OC([C@H](C)C[C@@H]2CC[C@@H](O)[C@H](OC)C2)CC(=O)C(C)/C=C(/C)C1O. The number of sulfonamides is 1. The van der Waals surface area contributed by atoms with Gasteiger partial charge in [-0.05, 0) is 121 Å². The van der Waals surface area contributed by atoms with E-state index in [1.54, 1.807) is 66.0 Å². The number of cyclic esters (lactones) is 1. The van der Waals surface area contributed by atoms with Crippen LogP contribution in [0.1, 0.15) is 138 Å². The number of ketones is 3. The van der Waals surface area contributed by atoms with Crippen molar-refractivity contribution in [1.82, 2.24) is 9.62 Å². The Kier molecular flexibility index (Phi) is 20.7. The Labute approximate surface area is 409 Å². The highest BCUT2D eigenvalue weighted by atomic mass is 32.2. The minimum atomic E-state index is -3.70. The molecule has 14 atom stereocenters. The second-order valence-electron chi connectivity index (χ2n) is 20.7. The Morgan fingerprint density at radius 1 is 0.884 bits per heavy atom. The van der Waals surface area contributed by atoms with E-state index in [1.165, 1.54) is 7.11 Å². The predicted octanol–water partition coefficient (Wildman–Crippen LogP) is 5.37. The molecule has 17 heteroatoms. The number of aliphatic hydroxyl groups excluding tert-OH is 2. The topological polar surface area (TPSA) is 232 Å². The van der Waals surface area contributed by atoms with Gasteiger partial charge in [0.05, 0.1) is 23.6 Å². The van der Waals surface area contributed by atoms with E-state index in [1.807, 2.05) is 19.1 Å². The number of carbonyl (C=O) groups excluding carboxylic acids is 5. The molecule has 388 valence electrons. The lowest BCUT2D eigenvalue weighted by Crippen LogP contribution is -2.61. The van der Waals surface area contributed by atoms with Crippen molar-refractivity contribution in [2.75, 3.05) is 20.8 Å². The number of Topliss-reactive ketones (excluding diaryl/α,β-unsaturated/α-hetero) is 3. The smallest absolute Gasteiger partial charge is 0.329 e. The molecule has 4 fully saturated rings. The van der Waals surface area contributed by atoms with Crippen LogP contribution in [-0.2, 0) is 52.9 Å². The third-order valence-corrected chi connectivity index (χ3v) is 17.2. The monoisotopic (exact) mass is 989 g/mol. The first-order valence-corrected chi connectivity index (χ1v) is 26.8. The van der Waals surface area contributed by atoms with Gasteiger partial charge in [-0.25, -0.2) is 17.9 Å². The molecule has 0 aromatic carbocycles. The fourth-order valence-electron chi connectivity index (χ4n) is 10.3. The van der Waals surface area contributed by atoms with Crippen molar-refractivity contribution in [2.45, 2.75) is 198 Å². The fourth-order valence-corrected chi connectivity index (χ4v) is 12.0. The van der Waals surface area contributed by atoms with Crippen molar-refractivity contribution in [3.63, 3.8) is 0 Å². The van der Waals surface area contributed by atoms with Gasteiger partial charge in [-0.1, -0.05) is 69.7 Å². The first-order valence-electron chi connectivity index (χ1n) is 25.2. The van der Waals surface area contributed by atoms with Crippen LogP contribution in [0.25, 0.3) is 0 Å². The van der Waals surface area contributed by atoms with Crippen LogP contribution < -0.4 is 4.72 Å². The number of fused-ring (bicyclic) bond motifs is 3. The molecule has 2 aliphatic carbocycles. The third kappa shape index (κ3) is 14.8. The highest BCUT2D eigenvalue weighted by Gasteiger charge is 2.53. The lowest BCUT2D eigenvalue weighted by molar-refractivity contribution is -0.264. The Hall–Kier alpha value is -3.42. The van der Waals surface area contributed by atoms with Gasteiger partial charge in [0.2, 0.25) is 15.8 Å². The number of ether oxygens (including phenoxy) is 4. The van der Waals surface area contributed by atoms with Crippen molar-refractivity contribution in [3.8, 4) is 0 Å². The van der Waals surface area contributed by atoms with Gasteiger partial charge in [-0.2, -0.15) is 0 Å². The van der Waals surface area contributed by atoms with Crippen LogP contribution in [-0.4, -0.2) is 138 Å². The van der Waals surface area contributed by atoms with Crippen LogP contribution in [0.5, 0.6) is 0 Å². The molecule has 0 radical (unpaired) electrons. The summed E-state index contributed by atoms with van der Waals surface area (Å²) in [5.41, 5.74) is 1.02. The molecule has 1 amide bonds. The highest BCUT2D eigenvalue weighted by Crippen LogP contribution is 2.38. The molecule has 5 rings (SSSR count). The maximum Gasteiger partial charge on any atom is 0.329 e. The average molecular weight is 989 g/mol. The van der Waals surface area contributed by atoms with Crippen molar-refractivity contribution < 1.29 is 66.7 Å². The molecule has 2 saturated heterocycles. The van der Waals surface area contributed by atoms with E-state index < -0.39 is 99.1 Å². The third-order valence-electron chi connectivity index (χ3n) is 15.3. The molecule has 4 N–H and O–H groups in total. The number of amides is 1. The molecular weight excluding hydrogens is 909 g/mol. The van der Waals surface area contributed by atoms with Gasteiger partial charge >= 0.3 is 5.97 Å². The second kappa shape index (κ2) is 25.3. The molecule has 5 aliphatic rings. The molecule has 2 bridgehead atoms. The molecule has 3 aliphatic heterocycles. The van der Waals surface area contributed by atoms with Crippen molar-refractivity contribution in [2.24, 2.45) is 29.6 Å². The number of aliphatic hydroxyl groups is 3. The first kappa shape index (κ1) is 56.5. The second-order valence-corrected chi connectivity index (χ2v) is 22.7. The maximum atomic E-state index is 14.4. The predicted molar refractivity (Wildman–Crippen MR) is 259 cm³/mol. The van der Waals surface area contributed by atoms with E-state index in [-0.39, 0.29) is 55.3 Å². The zero-order valence-electron chi connectivity index (χ0n) is 42.0. The van der Waals surface area contributed by atoms with E-state index in [2.05, 4.69) is 4.72 Å². The summed E-state index contributed by atoms with van der Waals surface area (Å²) in [7, 11) is -0.789. The summed E-state index contributed by atoms with van der Waals surface area (Å²) in [5.74, 6) is -8.59. The van der Waals surface area contributed by atoms with Gasteiger partial charge in [0.25, 0.3) is 11.7 Å². The summed E-state index contributed by atoms with van der Waals surface area (Å²) in [6.45, 7) is 10.4. The van der Waals surface area contributed by atoms with E-state index in [0.717, 1.165) is 4.90 Å². The van der Waals surface area contributed by atoms with Crippen LogP contribution in [0.3, 0.4) is 0 Å². The standard InChI is InChI=1S/C52H80N2O14S/c1-31-16-12-10-9-11-13-17-32(2)46(57)48(66-8)47(58)35(5)26-33(3)43(56)30-44(34(4)27-37-20-24-42(55)45(28-37)65-7)67-51(61)41-18-14-15-25-54(41)50(60)49(59)52(62)36(6)19-21-38(68-52)29-40(31)53-69(63,64)39-22-23-39/h9-12,16,26,32-34,36-42,44-45,47-48,53,55,58,62H,13-15,17-25,27-30H2,1-8H3/b11-9-,12-10-,31-16-,35-26-/t32?,33?,34-,36+,37+,38-,40?,41?,42-,44?,45-,47?,48?,52+/m1/s1. The quantitative estimate of drug-likeness (QED) is 0.136. The van der Waals surface area contributed by atoms with Gasteiger partial charge in [0, 0.05) is 51.0 Å². The fraction of sp³-hybridized carbons (Fsp3) is 0.750. The van der Waals surface area contributed by atoms with Gasteiger partial charge < -0.3 is 39.2 Å².